The molecule has 2 N–H and O–H groups in total. The maximum Gasteiger partial charge on any atom is 0.339 e. The molecule has 6 heteroatoms. The van der Waals surface area contributed by atoms with E-state index in [9.17, 15) is 24.6 Å². The lowest BCUT2D eigenvalue weighted by atomic mass is 9.51. The van der Waals surface area contributed by atoms with E-state index in [-0.39, 0.29) is 30.5 Å². The number of Topliss-reactive ketones (excluding diaryl/α,β-unsaturated/α-hetero) is 1. The van der Waals surface area contributed by atoms with E-state index in [2.05, 4.69) is 13.8 Å². The van der Waals surface area contributed by atoms with Gasteiger partial charge in [0.15, 0.2) is 11.4 Å². The molecule has 0 aromatic heterocycles. The van der Waals surface area contributed by atoms with Gasteiger partial charge < -0.3 is 14.9 Å². The van der Waals surface area contributed by atoms with Crippen LogP contribution in [0.5, 0.6) is 0 Å². The number of carbonyl (C=O) groups is 3. The molecule has 1 aromatic carbocycles. The number of rotatable bonds is 4. The summed E-state index contributed by atoms with van der Waals surface area (Å²) in [6, 6.07) is 8.53. The normalized spacial score (nSPS) is 37.8. The van der Waals surface area contributed by atoms with Crippen molar-refractivity contribution >= 4 is 17.5 Å². The van der Waals surface area contributed by atoms with Gasteiger partial charge in [0.05, 0.1) is 11.7 Å². The first-order valence-electron chi connectivity index (χ1n) is 12.4. The Hall–Kier alpha value is -2.83. The van der Waals surface area contributed by atoms with E-state index >= 15 is 0 Å². The molecule has 0 amide bonds. The molecule has 6 atom stereocenters. The number of hydrogen-bond acceptors (Lipinski definition) is 6. The summed E-state index contributed by atoms with van der Waals surface area (Å²) in [5.74, 6) is -1.16. The molecule has 0 spiro atoms. The molecule has 4 aliphatic rings. The Morgan fingerprint density at radius 1 is 1.17 bits per heavy atom. The van der Waals surface area contributed by atoms with Gasteiger partial charge in [-0.25, -0.2) is 4.79 Å². The van der Waals surface area contributed by atoms with Crippen LogP contribution >= 0.6 is 0 Å². The number of ether oxygens (including phenoxy) is 1. The van der Waals surface area contributed by atoms with Crippen LogP contribution in [-0.4, -0.2) is 46.1 Å². The van der Waals surface area contributed by atoms with Crippen molar-refractivity contribution in [3.8, 4) is 0 Å². The highest BCUT2D eigenvalue weighted by molar-refractivity contribution is 6.01. The van der Waals surface area contributed by atoms with Gasteiger partial charge in [-0.1, -0.05) is 43.7 Å². The van der Waals surface area contributed by atoms with E-state index in [0.29, 0.717) is 18.4 Å². The quantitative estimate of drug-likeness (QED) is 0.507. The number of aliphatic hydroxyl groups is 2. The molecule has 0 heterocycles. The largest absolute Gasteiger partial charge is 0.447 e. The summed E-state index contributed by atoms with van der Waals surface area (Å²) >= 11 is 0. The van der Waals surface area contributed by atoms with E-state index in [1.165, 1.54) is 0 Å². The fraction of sp³-hybridized carbons (Fsp3) is 0.483. The predicted octanol–water partition coefficient (Wildman–Crippen LogP) is 3.73. The second-order valence-electron chi connectivity index (χ2n) is 11.0. The van der Waals surface area contributed by atoms with Crippen molar-refractivity contribution in [1.29, 1.82) is 0 Å². The van der Waals surface area contributed by atoms with Crippen LogP contribution in [0.4, 0.5) is 0 Å². The van der Waals surface area contributed by atoms with E-state index in [1.807, 2.05) is 13.0 Å². The standard InChI is InChI=1S/C29H32O6/c1-17-13-20-21-10-12-29(24(33)16-30,35-26(34)18-7-5-4-6-8-18)28(21,3)15-23(32)25(20)27(2)11-9-19(31)14-22(17)27/h4-9,11,14,17,21,23,30,32H,10,12-13,15-16H2,1-3H3/t17?,21-,23?,27-,28-,29-/m0/s1. The molecular formula is C29H32O6. The molecule has 0 aliphatic heterocycles. The highest BCUT2D eigenvalue weighted by atomic mass is 16.6. The fourth-order valence-electron chi connectivity index (χ4n) is 7.57. The molecule has 2 unspecified atom stereocenters. The summed E-state index contributed by atoms with van der Waals surface area (Å²) in [6.45, 7) is 5.32. The number of fused-ring (bicyclic) bond motifs is 4. The van der Waals surface area contributed by atoms with Crippen LogP contribution in [-0.2, 0) is 14.3 Å². The van der Waals surface area contributed by atoms with E-state index < -0.39 is 40.9 Å². The third kappa shape index (κ3) is 3.26. The first kappa shape index (κ1) is 23.9. The van der Waals surface area contributed by atoms with Crippen molar-refractivity contribution in [1.82, 2.24) is 0 Å². The van der Waals surface area contributed by atoms with Crippen LogP contribution in [0.3, 0.4) is 0 Å². The summed E-state index contributed by atoms with van der Waals surface area (Å²) in [4.78, 5) is 38.6. The van der Waals surface area contributed by atoms with Crippen LogP contribution in [0.25, 0.3) is 0 Å². The highest BCUT2D eigenvalue weighted by Crippen LogP contribution is 2.66. The lowest BCUT2D eigenvalue weighted by Gasteiger charge is -2.55. The SMILES string of the molecule is CC1CC2=C(C(O)C[C@@]3(C)[C@H]2CC[C@]3(OC(=O)c2ccccc2)C(=O)CO)[C@@]2(C)C=CC(=O)C=C12. The van der Waals surface area contributed by atoms with Gasteiger partial charge in [0.1, 0.15) is 6.61 Å². The molecule has 0 bridgehead atoms. The average molecular weight is 477 g/mol. The van der Waals surface area contributed by atoms with Gasteiger partial charge in [-0.15, -0.1) is 0 Å². The molecule has 0 radical (unpaired) electrons. The first-order chi connectivity index (χ1) is 16.6. The lowest BCUT2D eigenvalue weighted by Crippen LogP contribution is -2.59. The Bertz CT molecular complexity index is 1190. The summed E-state index contributed by atoms with van der Waals surface area (Å²) < 4.78 is 6.06. The van der Waals surface area contributed by atoms with Crippen LogP contribution in [0.2, 0.25) is 0 Å². The molecule has 184 valence electrons. The summed E-state index contributed by atoms with van der Waals surface area (Å²) in [5, 5.41) is 21.5. The third-order valence-electron chi connectivity index (χ3n) is 9.16. The Morgan fingerprint density at radius 2 is 1.89 bits per heavy atom. The molecular weight excluding hydrogens is 444 g/mol. The Kier molecular flexibility index (Phi) is 5.53. The van der Waals surface area contributed by atoms with E-state index in [1.54, 1.807) is 42.5 Å². The number of benzene rings is 1. The van der Waals surface area contributed by atoms with Gasteiger partial charge in [0.2, 0.25) is 5.78 Å². The zero-order valence-electron chi connectivity index (χ0n) is 20.4. The second-order valence-corrected chi connectivity index (χ2v) is 11.0. The van der Waals surface area contributed by atoms with Crippen LogP contribution in [0.1, 0.15) is 56.8 Å². The summed E-state index contributed by atoms with van der Waals surface area (Å²) in [6.07, 6.45) is 6.10. The smallest absolute Gasteiger partial charge is 0.339 e. The number of ketones is 2. The molecule has 1 saturated carbocycles. The van der Waals surface area contributed by atoms with Gasteiger partial charge in [0.25, 0.3) is 0 Å². The van der Waals surface area contributed by atoms with Gasteiger partial charge in [-0.2, -0.15) is 0 Å². The Morgan fingerprint density at radius 3 is 2.57 bits per heavy atom. The second kappa shape index (κ2) is 8.10. The number of esters is 1. The van der Waals surface area contributed by atoms with Crippen molar-refractivity contribution in [2.75, 3.05) is 6.61 Å². The van der Waals surface area contributed by atoms with Crippen LogP contribution in [0, 0.1) is 22.7 Å². The molecule has 1 fully saturated rings. The third-order valence-corrected chi connectivity index (χ3v) is 9.16. The van der Waals surface area contributed by atoms with Crippen molar-refractivity contribution in [2.24, 2.45) is 22.7 Å². The number of carbonyl (C=O) groups excluding carboxylic acids is 3. The zero-order chi connectivity index (χ0) is 25.2. The maximum absolute atomic E-state index is 13.3. The van der Waals surface area contributed by atoms with Crippen molar-refractivity contribution in [3.63, 3.8) is 0 Å². The van der Waals surface area contributed by atoms with Gasteiger partial charge in [-0.05, 0) is 79.9 Å². The van der Waals surface area contributed by atoms with E-state index in [0.717, 1.165) is 16.7 Å². The van der Waals surface area contributed by atoms with Crippen LogP contribution in [0.15, 0.2) is 65.3 Å². The Balaban J connectivity index is 1.61. The monoisotopic (exact) mass is 476 g/mol. The van der Waals surface area contributed by atoms with Crippen molar-refractivity contribution < 1.29 is 29.3 Å². The molecule has 6 nitrogen and oxygen atoms in total. The minimum absolute atomic E-state index is 0.0373. The van der Waals surface area contributed by atoms with Crippen molar-refractivity contribution in [2.45, 2.75) is 58.2 Å². The molecule has 1 aromatic rings. The predicted molar refractivity (Wildman–Crippen MR) is 129 cm³/mol. The van der Waals surface area contributed by atoms with E-state index in [4.69, 9.17) is 4.74 Å². The molecule has 5 rings (SSSR count). The zero-order valence-corrected chi connectivity index (χ0v) is 20.4. The molecule has 35 heavy (non-hydrogen) atoms. The summed E-state index contributed by atoms with van der Waals surface area (Å²) in [7, 11) is 0. The Labute approximate surface area is 205 Å². The van der Waals surface area contributed by atoms with Gasteiger partial charge in [0, 0.05) is 10.8 Å². The summed E-state index contributed by atoms with van der Waals surface area (Å²) in [5.41, 5.74) is 0.396. The van der Waals surface area contributed by atoms with Gasteiger partial charge in [-0.3, -0.25) is 9.59 Å². The van der Waals surface area contributed by atoms with Gasteiger partial charge >= 0.3 is 5.97 Å². The minimum Gasteiger partial charge on any atom is -0.447 e. The number of aliphatic hydroxyl groups excluding tert-OH is 2. The maximum atomic E-state index is 13.3. The van der Waals surface area contributed by atoms with Crippen LogP contribution < -0.4 is 0 Å². The first-order valence-corrected chi connectivity index (χ1v) is 12.4. The highest BCUT2D eigenvalue weighted by Gasteiger charge is 2.67. The topological polar surface area (TPSA) is 101 Å². The average Bonchev–Trinajstić information content (AvgIpc) is 3.12. The number of allylic oxidation sites excluding steroid dienone is 5. The lowest BCUT2D eigenvalue weighted by molar-refractivity contribution is -0.158. The molecule has 4 aliphatic carbocycles. The minimum atomic E-state index is -1.53. The molecule has 0 saturated heterocycles. The van der Waals surface area contributed by atoms with Crippen molar-refractivity contribution in [3.05, 3.63) is 70.8 Å². The fourth-order valence-corrected chi connectivity index (χ4v) is 7.57. The number of hydrogen-bond donors (Lipinski definition) is 2.